The molecule has 0 fully saturated rings. The van der Waals surface area contributed by atoms with Crippen molar-refractivity contribution in [1.29, 1.82) is 0 Å². The maximum Gasteiger partial charge on any atom is 0.207 e. The Bertz CT molecular complexity index is 403. The summed E-state index contributed by atoms with van der Waals surface area (Å²) in [7, 11) is 0. The van der Waals surface area contributed by atoms with E-state index < -0.39 is 0 Å². The van der Waals surface area contributed by atoms with Crippen molar-refractivity contribution in [2.75, 3.05) is 0 Å². The van der Waals surface area contributed by atoms with Crippen molar-refractivity contribution in [2.24, 2.45) is 0 Å². The summed E-state index contributed by atoms with van der Waals surface area (Å²) in [4.78, 5) is 11.7. The van der Waals surface area contributed by atoms with E-state index in [9.17, 15) is 4.79 Å². The first-order chi connectivity index (χ1) is 6.63. The molecular weight excluding hydrogens is 267 g/mol. The topological polar surface area (TPSA) is 26.3 Å². The summed E-state index contributed by atoms with van der Waals surface area (Å²) >= 11 is 9.17. The molecule has 1 atom stereocenters. The average molecular weight is 276 g/mol. The van der Waals surface area contributed by atoms with Crippen LogP contribution in [0.25, 0.3) is 0 Å². The first-order valence-electron chi connectivity index (χ1n) is 4.33. The standard InChI is InChI=1S/C10H8BrClO2/c1-2-8-9(13)6-3-5(12)4-7(11)10(6)14-8/h3-4,8H,2H2,1H3. The van der Waals surface area contributed by atoms with Crippen molar-refractivity contribution < 1.29 is 9.53 Å². The van der Waals surface area contributed by atoms with Gasteiger partial charge in [0.25, 0.3) is 0 Å². The molecule has 0 amide bonds. The summed E-state index contributed by atoms with van der Waals surface area (Å²) in [5.41, 5.74) is 0.580. The van der Waals surface area contributed by atoms with Gasteiger partial charge in [0.05, 0.1) is 10.0 Å². The maximum absolute atomic E-state index is 11.7. The minimum Gasteiger partial charge on any atom is -0.480 e. The van der Waals surface area contributed by atoms with E-state index in [1.807, 2.05) is 6.92 Å². The van der Waals surface area contributed by atoms with Crippen molar-refractivity contribution in [3.05, 3.63) is 27.2 Å². The fraction of sp³-hybridized carbons (Fsp3) is 0.300. The zero-order chi connectivity index (χ0) is 10.3. The lowest BCUT2D eigenvalue weighted by atomic mass is 10.1. The van der Waals surface area contributed by atoms with Crippen molar-refractivity contribution in [1.82, 2.24) is 0 Å². The number of carbonyl (C=O) groups excluding carboxylic acids is 1. The van der Waals surface area contributed by atoms with Crippen LogP contribution in [0.2, 0.25) is 5.02 Å². The maximum atomic E-state index is 11.7. The highest BCUT2D eigenvalue weighted by Crippen LogP contribution is 2.38. The Kier molecular flexibility index (Phi) is 2.54. The predicted molar refractivity (Wildman–Crippen MR) is 58.2 cm³/mol. The molecule has 14 heavy (non-hydrogen) atoms. The molecule has 0 N–H and O–H groups in total. The minimum absolute atomic E-state index is 0.0192. The lowest BCUT2D eigenvalue weighted by Crippen LogP contribution is -2.18. The molecule has 0 bridgehead atoms. The molecule has 1 heterocycles. The molecule has 0 saturated carbocycles. The Balaban J connectivity index is 2.53. The van der Waals surface area contributed by atoms with E-state index in [2.05, 4.69) is 15.9 Å². The average Bonchev–Trinajstić information content (AvgIpc) is 2.44. The number of ketones is 1. The summed E-state index contributed by atoms with van der Waals surface area (Å²) in [6.45, 7) is 1.92. The molecule has 2 nitrogen and oxygen atoms in total. The van der Waals surface area contributed by atoms with Gasteiger partial charge in [-0.3, -0.25) is 4.79 Å². The van der Waals surface area contributed by atoms with Gasteiger partial charge in [0.1, 0.15) is 5.75 Å². The lowest BCUT2D eigenvalue weighted by molar-refractivity contribution is 0.0852. The molecule has 0 radical (unpaired) electrons. The SMILES string of the molecule is CCC1Oc2c(Br)cc(Cl)cc2C1=O. The van der Waals surface area contributed by atoms with Crippen LogP contribution in [0.3, 0.4) is 0 Å². The summed E-state index contributed by atoms with van der Waals surface area (Å²) < 4.78 is 6.24. The van der Waals surface area contributed by atoms with E-state index in [-0.39, 0.29) is 11.9 Å². The molecule has 1 aromatic carbocycles. The highest BCUT2D eigenvalue weighted by atomic mass is 79.9. The molecule has 1 aromatic rings. The smallest absolute Gasteiger partial charge is 0.207 e. The fourth-order valence-electron chi connectivity index (χ4n) is 1.50. The number of hydrogen-bond donors (Lipinski definition) is 0. The molecule has 1 unspecified atom stereocenters. The van der Waals surface area contributed by atoms with Crippen molar-refractivity contribution >= 4 is 33.3 Å². The summed E-state index contributed by atoms with van der Waals surface area (Å²) in [5.74, 6) is 0.636. The fourth-order valence-corrected chi connectivity index (χ4v) is 2.40. The number of carbonyl (C=O) groups is 1. The molecule has 0 aliphatic carbocycles. The Hall–Kier alpha value is -0.540. The number of benzene rings is 1. The lowest BCUT2D eigenvalue weighted by Gasteiger charge is -2.05. The number of Topliss-reactive ketones (excluding diaryl/α,β-unsaturated/α-hetero) is 1. The molecule has 0 saturated heterocycles. The summed E-state index contributed by atoms with van der Waals surface area (Å²) in [6, 6.07) is 3.38. The van der Waals surface area contributed by atoms with Gasteiger partial charge in [-0.2, -0.15) is 0 Å². The number of hydrogen-bond acceptors (Lipinski definition) is 2. The molecule has 2 rings (SSSR count). The minimum atomic E-state index is -0.347. The molecule has 74 valence electrons. The third kappa shape index (κ3) is 1.44. The predicted octanol–water partition coefficient (Wildman–Crippen LogP) is 3.46. The van der Waals surface area contributed by atoms with Gasteiger partial charge >= 0.3 is 0 Å². The largest absolute Gasteiger partial charge is 0.480 e. The Morgan fingerprint density at radius 3 is 2.93 bits per heavy atom. The van der Waals surface area contributed by atoms with E-state index in [0.29, 0.717) is 22.8 Å². The zero-order valence-corrected chi connectivity index (χ0v) is 9.85. The molecule has 0 aromatic heterocycles. The third-order valence-electron chi connectivity index (χ3n) is 2.20. The van der Waals surface area contributed by atoms with Crippen LogP contribution in [0.15, 0.2) is 16.6 Å². The summed E-state index contributed by atoms with van der Waals surface area (Å²) in [6.07, 6.45) is 0.331. The first-order valence-corrected chi connectivity index (χ1v) is 5.50. The molecule has 0 spiro atoms. The van der Waals surface area contributed by atoms with Crippen LogP contribution in [0.4, 0.5) is 0 Å². The Labute approximate surface area is 95.3 Å². The van der Waals surface area contributed by atoms with Gasteiger partial charge in [-0.1, -0.05) is 18.5 Å². The number of halogens is 2. The van der Waals surface area contributed by atoms with Crippen LogP contribution in [0.1, 0.15) is 23.7 Å². The molecule has 4 heteroatoms. The number of fused-ring (bicyclic) bond motifs is 1. The second kappa shape index (κ2) is 3.55. The van der Waals surface area contributed by atoms with Crippen molar-refractivity contribution in [2.45, 2.75) is 19.4 Å². The monoisotopic (exact) mass is 274 g/mol. The van der Waals surface area contributed by atoms with Crippen LogP contribution in [-0.2, 0) is 0 Å². The Morgan fingerprint density at radius 2 is 2.29 bits per heavy atom. The zero-order valence-electron chi connectivity index (χ0n) is 7.51. The van der Waals surface area contributed by atoms with Crippen LogP contribution >= 0.6 is 27.5 Å². The Morgan fingerprint density at radius 1 is 1.57 bits per heavy atom. The highest BCUT2D eigenvalue weighted by Gasteiger charge is 2.32. The van der Waals surface area contributed by atoms with E-state index in [1.165, 1.54) is 0 Å². The molecule has 1 aliphatic heterocycles. The van der Waals surface area contributed by atoms with Gasteiger partial charge in [-0.05, 0) is 34.5 Å². The highest BCUT2D eigenvalue weighted by molar-refractivity contribution is 9.10. The number of rotatable bonds is 1. The van der Waals surface area contributed by atoms with Gasteiger partial charge in [-0.15, -0.1) is 0 Å². The van der Waals surface area contributed by atoms with Crippen LogP contribution in [-0.4, -0.2) is 11.9 Å². The third-order valence-corrected chi connectivity index (χ3v) is 3.00. The van der Waals surface area contributed by atoms with Gasteiger partial charge in [-0.25, -0.2) is 0 Å². The van der Waals surface area contributed by atoms with E-state index >= 15 is 0 Å². The second-order valence-corrected chi connectivity index (χ2v) is 4.43. The molecular formula is C10H8BrClO2. The second-order valence-electron chi connectivity index (χ2n) is 3.14. The normalized spacial score (nSPS) is 19.4. The van der Waals surface area contributed by atoms with E-state index in [4.69, 9.17) is 16.3 Å². The van der Waals surface area contributed by atoms with E-state index in [1.54, 1.807) is 12.1 Å². The van der Waals surface area contributed by atoms with Gasteiger partial charge in [0, 0.05) is 5.02 Å². The first kappa shape index (κ1) is 9.99. The van der Waals surface area contributed by atoms with E-state index in [0.717, 1.165) is 4.47 Å². The van der Waals surface area contributed by atoms with Crippen molar-refractivity contribution in [3.8, 4) is 5.75 Å². The number of ether oxygens (including phenoxy) is 1. The van der Waals surface area contributed by atoms with Gasteiger partial charge in [0.2, 0.25) is 5.78 Å². The van der Waals surface area contributed by atoms with Crippen molar-refractivity contribution in [3.63, 3.8) is 0 Å². The summed E-state index contributed by atoms with van der Waals surface area (Å²) in [5, 5.41) is 0.546. The van der Waals surface area contributed by atoms with Gasteiger partial charge in [0.15, 0.2) is 6.10 Å². The van der Waals surface area contributed by atoms with Crippen LogP contribution < -0.4 is 4.74 Å². The van der Waals surface area contributed by atoms with Crippen LogP contribution in [0.5, 0.6) is 5.75 Å². The molecule has 1 aliphatic rings. The quantitative estimate of drug-likeness (QED) is 0.784. The van der Waals surface area contributed by atoms with Crippen LogP contribution in [0, 0.1) is 0 Å². The van der Waals surface area contributed by atoms with Gasteiger partial charge < -0.3 is 4.74 Å².